The van der Waals surface area contributed by atoms with Crippen molar-refractivity contribution in [2.45, 2.75) is 6.92 Å². The number of hydrogen-bond donors (Lipinski definition) is 2. The second kappa shape index (κ2) is 4.15. The third-order valence-electron chi connectivity index (χ3n) is 1.65. The second-order valence-electron chi connectivity index (χ2n) is 2.97. The van der Waals surface area contributed by atoms with E-state index in [4.69, 9.17) is 17.3 Å². The number of nitrogens with two attached hydrogens (primary N) is 1. The van der Waals surface area contributed by atoms with Crippen molar-refractivity contribution in [3.8, 4) is 0 Å². The van der Waals surface area contributed by atoms with Crippen molar-refractivity contribution < 1.29 is 4.79 Å². The summed E-state index contributed by atoms with van der Waals surface area (Å²) in [6.45, 7) is 5.15. The SMILES string of the molecule is C=C(C)C(=O)Nc1ccc(N)c(Cl)c1. The van der Waals surface area contributed by atoms with E-state index >= 15 is 0 Å². The van der Waals surface area contributed by atoms with E-state index in [2.05, 4.69) is 11.9 Å². The van der Waals surface area contributed by atoms with Gasteiger partial charge < -0.3 is 11.1 Å². The molecule has 0 aromatic heterocycles. The van der Waals surface area contributed by atoms with E-state index in [-0.39, 0.29) is 5.91 Å². The van der Waals surface area contributed by atoms with Gasteiger partial charge in [0, 0.05) is 11.3 Å². The molecule has 0 aliphatic heterocycles. The third-order valence-corrected chi connectivity index (χ3v) is 1.97. The number of halogens is 1. The summed E-state index contributed by atoms with van der Waals surface area (Å²) < 4.78 is 0. The number of amides is 1. The lowest BCUT2D eigenvalue weighted by atomic mass is 10.2. The molecule has 0 bridgehead atoms. The first-order valence-electron chi connectivity index (χ1n) is 4.02. The largest absolute Gasteiger partial charge is 0.398 e. The summed E-state index contributed by atoms with van der Waals surface area (Å²) in [4.78, 5) is 11.2. The van der Waals surface area contributed by atoms with E-state index in [1.165, 1.54) is 0 Å². The van der Waals surface area contributed by atoms with Crippen LogP contribution in [0.15, 0.2) is 30.4 Å². The fourth-order valence-electron chi connectivity index (χ4n) is 0.843. The first-order chi connectivity index (χ1) is 6.50. The minimum Gasteiger partial charge on any atom is -0.398 e. The van der Waals surface area contributed by atoms with Crippen molar-refractivity contribution in [2.75, 3.05) is 11.1 Å². The van der Waals surface area contributed by atoms with Gasteiger partial charge in [-0.1, -0.05) is 18.2 Å². The van der Waals surface area contributed by atoms with Crippen molar-refractivity contribution in [1.82, 2.24) is 0 Å². The van der Waals surface area contributed by atoms with Crippen LogP contribution in [0.4, 0.5) is 11.4 Å². The molecule has 1 amide bonds. The normalized spacial score (nSPS) is 9.57. The molecule has 0 heterocycles. The lowest BCUT2D eigenvalue weighted by molar-refractivity contribution is -0.112. The molecule has 0 fully saturated rings. The maximum absolute atomic E-state index is 11.2. The number of rotatable bonds is 2. The highest BCUT2D eigenvalue weighted by Gasteiger charge is 2.03. The predicted octanol–water partition coefficient (Wildman–Crippen LogP) is 2.44. The van der Waals surface area contributed by atoms with E-state index in [9.17, 15) is 4.79 Å². The Kier molecular flexibility index (Phi) is 3.14. The zero-order chi connectivity index (χ0) is 10.7. The quantitative estimate of drug-likeness (QED) is 0.582. The number of carbonyl (C=O) groups excluding carboxylic acids is 1. The third kappa shape index (κ3) is 2.50. The Labute approximate surface area is 87.6 Å². The zero-order valence-corrected chi connectivity index (χ0v) is 8.56. The molecule has 1 aromatic rings. The average molecular weight is 211 g/mol. The molecule has 3 N–H and O–H groups in total. The van der Waals surface area contributed by atoms with Crippen LogP contribution < -0.4 is 11.1 Å². The Balaban J connectivity index is 2.83. The molecule has 0 unspecified atom stereocenters. The van der Waals surface area contributed by atoms with Gasteiger partial charge in [0.2, 0.25) is 0 Å². The molecule has 0 aliphatic carbocycles. The molecular weight excluding hydrogens is 200 g/mol. The van der Waals surface area contributed by atoms with Crippen LogP contribution in [0, 0.1) is 0 Å². The highest BCUT2D eigenvalue weighted by atomic mass is 35.5. The molecule has 0 atom stereocenters. The van der Waals surface area contributed by atoms with Gasteiger partial charge in [0.25, 0.3) is 5.91 Å². The maximum atomic E-state index is 11.2. The number of benzene rings is 1. The van der Waals surface area contributed by atoms with E-state index in [1.54, 1.807) is 25.1 Å². The Morgan fingerprint density at radius 2 is 2.21 bits per heavy atom. The molecule has 74 valence electrons. The summed E-state index contributed by atoms with van der Waals surface area (Å²) in [7, 11) is 0. The van der Waals surface area contributed by atoms with Crippen LogP contribution in [0.2, 0.25) is 5.02 Å². The maximum Gasteiger partial charge on any atom is 0.250 e. The zero-order valence-electron chi connectivity index (χ0n) is 7.80. The van der Waals surface area contributed by atoms with Crippen molar-refractivity contribution in [2.24, 2.45) is 0 Å². The standard InChI is InChI=1S/C10H11ClN2O/c1-6(2)10(14)13-7-3-4-9(12)8(11)5-7/h3-5H,1,12H2,2H3,(H,13,14). The van der Waals surface area contributed by atoms with Crippen LogP contribution in [-0.4, -0.2) is 5.91 Å². The second-order valence-corrected chi connectivity index (χ2v) is 3.38. The Morgan fingerprint density at radius 3 is 2.71 bits per heavy atom. The minimum absolute atomic E-state index is 0.231. The minimum atomic E-state index is -0.231. The highest BCUT2D eigenvalue weighted by molar-refractivity contribution is 6.33. The molecule has 0 radical (unpaired) electrons. The molecular formula is C10H11ClN2O. The summed E-state index contributed by atoms with van der Waals surface area (Å²) in [5.41, 5.74) is 7.05. The Bertz CT molecular complexity index is 388. The summed E-state index contributed by atoms with van der Waals surface area (Å²) in [5.74, 6) is -0.231. The average Bonchev–Trinajstić information content (AvgIpc) is 2.11. The number of hydrogen-bond acceptors (Lipinski definition) is 2. The molecule has 3 nitrogen and oxygen atoms in total. The highest BCUT2D eigenvalue weighted by Crippen LogP contribution is 2.22. The van der Waals surface area contributed by atoms with Crippen molar-refractivity contribution in [3.05, 3.63) is 35.4 Å². The van der Waals surface area contributed by atoms with Crippen LogP contribution in [-0.2, 0) is 4.79 Å². The first-order valence-corrected chi connectivity index (χ1v) is 4.40. The van der Waals surface area contributed by atoms with Gasteiger partial charge in [0.15, 0.2) is 0 Å². The van der Waals surface area contributed by atoms with Crippen LogP contribution in [0.5, 0.6) is 0 Å². The topological polar surface area (TPSA) is 55.1 Å². The number of nitrogen functional groups attached to an aromatic ring is 1. The monoisotopic (exact) mass is 210 g/mol. The van der Waals surface area contributed by atoms with Crippen LogP contribution in [0.3, 0.4) is 0 Å². The van der Waals surface area contributed by atoms with Gasteiger partial charge in [0.1, 0.15) is 0 Å². The molecule has 0 saturated carbocycles. The molecule has 1 aromatic carbocycles. The van der Waals surface area contributed by atoms with Gasteiger partial charge in [-0.15, -0.1) is 0 Å². The molecule has 0 spiro atoms. The van der Waals surface area contributed by atoms with Crippen molar-refractivity contribution >= 4 is 28.9 Å². The van der Waals surface area contributed by atoms with Crippen LogP contribution in [0.1, 0.15) is 6.92 Å². The van der Waals surface area contributed by atoms with Gasteiger partial charge in [-0.3, -0.25) is 4.79 Å². The Hall–Kier alpha value is -1.48. The van der Waals surface area contributed by atoms with Gasteiger partial charge in [-0.25, -0.2) is 0 Å². The molecule has 14 heavy (non-hydrogen) atoms. The lowest BCUT2D eigenvalue weighted by Gasteiger charge is -2.05. The molecule has 0 aliphatic rings. The van der Waals surface area contributed by atoms with E-state index in [0.717, 1.165) is 0 Å². The van der Waals surface area contributed by atoms with Gasteiger partial charge in [-0.05, 0) is 25.1 Å². The van der Waals surface area contributed by atoms with Crippen LogP contribution >= 0.6 is 11.6 Å². The molecule has 0 saturated heterocycles. The molecule has 1 rings (SSSR count). The summed E-state index contributed by atoms with van der Waals surface area (Å²) in [6.07, 6.45) is 0. The smallest absolute Gasteiger partial charge is 0.250 e. The van der Waals surface area contributed by atoms with E-state index in [1.807, 2.05) is 0 Å². The van der Waals surface area contributed by atoms with Crippen molar-refractivity contribution in [3.63, 3.8) is 0 Å². The van der Waals surface area contributed by atoms with Crippen molar-refractivity contribution in [1.29, 1.82) is 0 Å². The lowest BCUT2D eigenvalue weighted by Crippen LogP contribution is -2.11. The summed E-state index contributed by atoms with van der Waals surface area (Å²) in [6, 6.07) is 4.91. The number of carbonyl (C=O) groups is 1. The Morgan fingerprint density at radius 1 is 1.57 bits per heavy atom. The predicted molar refractivity (Wildman–Crippen MR) is 59.3 cm³/mol. The molecule has 4 heteroatoms. The van der Waals surface area contributed by atoms with E-state index in [0.29, 0.717) is 22.0 Å². The van der Waals surface area contributed by atoms with Crippen LogP contribution in [0.25, 0.3) is 0 Å². The van der Waals surface area contributed by atoms with E-state index < -0.39 is 0 Å². The fraction of sp³-hybridized carbons (Fsp3) is 0.100. The number of nitrogens with one attached hydrogen (secondary N) is 1. The van der Waals surface area contributed by atoms with Gasteiger partial charge in [0.05, 0.1) is 10.7 Å². The first kappa shape index (κ1) is 10.6. The summed E-state index contributed by atoms with van der Waals surface area (Å²) in [5, 5.41) is 3.05. The summed E-state index contributed by atoms with van der Waals surface area (Å²) >= 11 is 5.78. The van der Waals surface area contributed by atoms with Gasteiger partial charge in [-0.2, -0.15) is 0 Å². The van der Waals surface area contributed by atoms with Gasteiger partial charge >= 0.3 is 0 Å². The number of anilines is 2. The fourth-order valence-corrected chi connectivity index (χ4v) is 1.02.